The standard InChI is InChI=1S/C12H12N2O2S/c15-12(16)10-2-1-3-11(8-10)17-7-6-14-5-4-13-9-14/h1-5,8-9H,6-7H2,(H,15,16). The van der Waals surface area contributed by atoms with E-state index in [9.17, 15) is 4.79 Å². The molecule has 1 N–H and O–H groups in total. The second-order valence-electron chi connectivity index (χ2n) is 3.48. The smallest absolute Gasteiger partial charge is 0.335 e. The number of aryl methyl sites for hydroxylation is 1. The zero-order valence-electron chi connectivity index (χ0n) is 9.11. The summed E-state index contributed by atoms with van der Waals surface area (Å²) in [5.41, 5.74) is 0.331. The van der Waals surface area contributed by atoms with E-state index in [1.807, 2.05) is 16.8 Å². The summed E-state index contributed by atoms with van der Waals surface area (Å²) in [7, 11) is 0. The van der Waals surface area contributed by atoms with Gasteiger partial charge in [0.2, 0.25) is 0 Å². The summed E-state index contributed by atoms with van der Waals surface area (Å²) in [6.45, 7) is 0.863. The van der Waals surface area contributed by atoms with Crippen LogP contribution in [0.4, 0.5) is 0 Å². The van der Waals surface area contributed by atoms with Crippen molar-refractivity contribution in [3.63, 3.8) is 0 Å². The highest BCUT2D eigenvalue weighted by Crippen LogP contribution is 2.19. The monoisotopic (exact) mass is 248 g/mol. The lowest BCUT2D eigenvalue weighted by molar-refractivity contribution is 0.0696. The normalized spacial score (nSPS) is 10.4. The van der Waals surface area contributed by atoms with Crippen LogP contribution in [0.15, 0.2) is 47.9 Å². The first-order valence-electron chi connectivity index (χ1n) is 5.17. The molecule has 0 spiro atoms. The molecule has 17 heavy (non-hydrogen) atoms. The van der Waals surface area contributed by atoms with Crippen molar-refractivity contribution in [2.24, 2.45) is 0 Å². The van der Waals surface area contributed by atoms with Gasteiger partial charge in [-0.05, 0) is 18.2 Å². The van der Waals surface area contributed by atoms with E-state index < -0.39 is 5.97 Å². The van der Waals surface area contributed by atoms with Gasteiger partial charge in [-0.2, -0.15) is 0 Å². The molecule has 1 aromatic heterocycles. The number of imidazole rings is 1. The maximum atomic E-state index is 10.8. The van der Waals surface area contributed by atoms with E-state index in [2.05, 4.69) is 4.98 Å². The minimum atomic E-state index is -0.887. The van der Waals surface area contributed by atoms with Gasteiger partial charge in [-0.25, -0.2) is 9.78 Å². The molecule has 0 bridgehead atoms. The molecule has 1 aromatic carbocycles. The van der Waals surface area contributed by atoms with Crippen molar-refractivity contribution in [1.29, 1.82) is 0 Å². The highest BCUT2D eigenvalue weighted by Gasteiger charge is 2.03. The van der Waals surface area contributed by atoms with E-state index in [-0.39, 0.29) is 0 Å². The number of carbonyl (C=O) groups is 1. The molecule has 2 rings (SSSR count). The maximum Gasteiger partial charge on any atom is 0.335 e. The Labute approximate surface area is 103 Å². The van der Waals surface area contributed by atoms with Crippen molar-refractivity contribution in [1.82, 2.24) is 9.55 Å². The van der Waals surface area contributed by atoms with Crippen LogP contribution in [0.3, 0.4) is 0 Å². The predicted octanol–water partition coefficient (Wildman–Crippen LogP) is 2.37. The molecular formula is C12H12N2O2S. The van der Waals surface area contributed by atoms with Crippen LogP contribution in [0.2, 0.25) is 0 Å². The first-order chi connectivity index (χ1) is 8.25. The molecule has 0 aliphatic rings. The summed E-state index contributed by atoms with van der Waals surface area (Å²) in [5.74, 6) is 0.00134. The number of hydrogen-bond donors (Lipinski definition) is 1. The van der Waals surface area contributed by atoms with Crippen LogP contribution < -0.4 is 0 Å². The average molecular weight is 248 g/mol. The predicted molar refractivity (Wildman–Crippen MR) is 66.4 cm³/mol. The molecule has 0 saturated carbocycles. The lowest BCUT2D eigenvalue weighted by Crippen LogP contribution is -1.98. The van der Waals surface area contributed by atoms with Gasteiger partial charge < -0.3 is 9.67 Å². The Morgan fingerprint density at radius 3 is 3.06 bits per heavy atom. The Hall–Kier alpha value is -1.75. The molecule has 4 nitrogen and oxygen atoms in total. The summed E-state index contributed by atoms with van der Waals surface area (Å²) in [4.78, 5) is 15.7. The van der Waals surface area contributed by atoms with Gasteiger partial charge in [0.25, 0.3) is 0 Å². The number of benzene rings is 1. The fraction of sp³-hybridized carbons (Fsp3) is 0.167. The van der Waals surface area contributed by atoms with E-state index in [1.165, 1.54) is 0 Å². The highest BCUT2D eigenvalue weighted by atomic mass is 32.2. The number of thioether (sulfide) groups is 1. The van der Waals surface area contributed by atoms with Gasteiger partial charge in [-0.1, -0.05) is 6.07 Å². The fourth-order valence-electron chi connectivity index (χ4n) is 1.41. The summed E-state index contributed by atoms with van der Waals surface area (Å²) < 4.78 is 1.99. The van der Waals surface area contributed by atoms with Gasteiger partial charge in [-0.15, -0.1) is 11.8 Å². The molecule has 0 saturated heterocycles. The molecule has 5 heteroatoms. The van der Waals surface area contributed by atoms with E-state index in [0.717, 1.165) is 17.2 Å². The first-order valence-corrected chi connectivity index (χ1v) is 6.16. The number of aromatic carboxylic acids is 1. The second kappa shape index (κ2) is 5.54. The van der Waals surface area contributed by atoms with Crippen LogP contribution in [0, 0.1) is 0 Å². The van der Waals surface area contributed by atoms with Crippen LogP contribution in [0.5, 0.6) is 0 Å². The van der Waals surface area contributed by atoms with Crippen LogP contribution >= 0.6 is 11.8 Å². The van der Waals surface area contributed by atoms with Crippen molar-refractivity contribution < 1.29 is 9.90 Å². The van der Waals surface area contributed by atoms with Crippen LogP contribution in [0.25, 0.3) is 0 Å². The lowest BCUT2D eigenvalue weighted by Gasteiger charge is -2.03. The van der Waals surface area contributed by atoms with Gasteiger partial charge in [0.1, 0.15) is 0 Å². The van der Waals surface area contributed by atoms with E-state index in [1.54, 1.807) is 42.5 Å². The molecule has 0 atom stereocenters. The zero-order chi connectivity index (χ0) is 12.1. The van der Waals surface area contributed by atoms with Crippen LogP contribution in [-0.2, 0) is 6.54 Å². The summed E-state index contributed by atoms with van der Waals surface area (Å²) in [6, 6.07) is 6.98. The second-order valence-corrected chi connectivity index (χ2v) is 4.65. The Kier molecular flexibility index (Phi) is 3.82. The molecule has 88 valence electrons. The number of aromatic nitrogens is 2. The molecule has 0 radical (unpaired) electrons. The minimum absolute atomic E-state index is 0.331. The molecule has 0 unspecified atom stereocenters. The Morgan fingerprint density at radius 2 is 2.35 bits per heavy atom. The molecule has 0 aliphatic heterocycles. The molecular weight excluding hydrogens is 236 g/mol. The Bertz CT molecular complexity index is 497. The van der Waals surface area contributed by atoms with Crippen LogP contribution in [0.1, 0.15) is 10.4 Å². The van der Waals surface area contributed by atoms with Crippen molar-refractivity contribution in [3.8, 4) is 0 Å². The fourth-order valence-corrected chi connectivity index (χ4v) is 2.33. The van der Waals surface area contributed by atoms with Crippen molar-refractivity contribution in [2.75, 3.05) is 5.75 Å². The summed E-state index contributed by atoms with van der Waals surface area (Å²) >= 11 is 1.64. The Balaban J connectivity index is 1.90. The van der Waals surface area contributed by atoms with E-state index in [0.29, 0.717) is 5.56 Å². The first kappa shape index (κ1) is 11.7. The molecule has 0 fully saturated rings. The quantitative estimate of drug-likeness (QED) is 0.825. The third kappa shape index (κ3) is 3.35. The SMILES string of the molecule is O=C(O)c1cccc(SCCn2ccnc2)c1. The molecule has 0 aliphatic carbocycles. The highest BCUT2D eigenvalue weighted by molar-refractivity contribution is 7.99. The number of carboxylic acids is 1. The third-order valence-electron chi connectivity index (χ3n) is 2.26. The number of nitrogens with zero attached hydrogens (tertiary/aromatic N) is 2. The Morgan fingerprint density at radius 1 is 1.47 bits per heavy atom. The van der Waals surface area contributed by atoms with E-state index in [4.69, 9.17) is 5.11 Å². The molecule has 0 amide bonds. The van der Waals surface area contributed by atoms with Gasteiger partial charge in [0.15, 0.2) is 0 Å². The number of rotatable bonds is 5. The summed E-state index contributed by atoms with van der Waals surface area (Å²) in [6.07, 6.45) is 5.43. The lowest BCUT2D eigenvalue weighted by atomic mass is 10.2. The van der Waals surface area contributed by atoms with Gasteiger partial charge in [0, 0.05) is 29.6 Å². The van der Waals surface area contributed by atoms with Gasteiger partial charge in [-0.3, -0.25) is 0 Å². The van der Waals surface area contributed by atoms with Crippen molar-refractivity contribution in [2.45, 2.75) is 11.4 Å². The molecule has 2 aromatic rings. The maximum absolute atomic E-state index is 10.8. The van der Waals surface area contributed by atoms with Gasteiger partial charge in [0.05, 0.1) is 11.9 Å². The average Bonchev–Trinajstić information content (AvgIpc) is 2.82. The third-order valence-corrected chi connectivity index (χ3v) is 3.23. The molecule has 1 heterocycles. The number of hydrogen-bond acceptors (Lipinski definition) is 3. The largest absolute Gasteiger partial charge is 0.478 e. The van der Waals surface area contributed by atoms with Gasteiger partial charge >= 0.3 is 5.97 Å². The zero-order valence-corrected chi connectivity index (χ0v) is 9.93. The minimum Gasteiger partial charge on any atom is -0.478 e. The van der Waals surface area contributed by atoms with E-state index >= 15 is 0 Å². The van der Waals surface area contributed by atoms with Crippen molar-refractivity contribution >= 4 is 17.7 Å². The topological polar surface area (TPSA) is 55.1 Å². The number of carboxylic acid groups (broad SMARTS) is 1. The van der Waals surface area contributed by atoms with Crippen LogP contribution in [-0.4, -0.2) is 26.4 Å². The van der Waals surface area contributed by atoms with Crippen molar-refractivity contribution in [3.05, 3.63) is 48.5 Å². The summed E-state index contributed by atoms with van der Waals surface area (Å²) in [5, 5.41) is 8.86.